The molecular weight excluding hydrogens is 398 g/mol. The minimum Gasteiger partial charge on any atom is -0.321 e. The van der Waals surface area contributed by atoms with Gasteiger partial charge >= 0.3 is 0 Å². The molecule has 160 valence electrons. The number of benzene rings is 2. The van der Waals surface area contributed by atoms with Crippen LogP contribution in [0.4, 0.5) is 0 Å². The summed E-state index contributed by atoms with van der Waals surface area (Å²) in [5, 5.41) is 0. The Hall–Kier alpha value is -2.22. The zero-order chi connectivity index (χ0) is 21.0. The lowest BCUT2D eigenvalue weighted by Gasteiger charge is -2.44. The van der Waals surface area contributed by atoms with E-state index in [9.17, 15) is 13.2 Å². The Morgan fingerprint density at radius 3 is 2.10 bits per heavy atom. The van der Waals surface area contributed by atoms with E-state index in [1.165, 1.54) is 10.7 Å². The Balaban J connectivity index is 1.67. The van der Waals surface area contributed by atoms with Crippen molar-refractivity contribution in [3.63, 3.8) is 0 Å². The van der Waals surface area contributed by atoms with Crippen LogP contribution in [0.2, 0.25) is 0 Å². The summed E-state index contributed by atoms with van der Waals surface area (Å²) < 4.78 is 28.5. The van der Waals surface area contributed by atoms with Crippen molar-refractivity contribution >= 4 is 15.9 Å². The Labute approximate surface area is 179 Å². The van der Waals surface area contributed by atoms with E-state index >= 15 is 0 Å². The molecule has 6 nitrogen and oxygen atoms in total. The van der Waals surface area contributed by atoms with Gasteiger partial charge in [-0.2, -0.15) is 4.31 Å². The second-order valence-corrected chi connectivity index (χ2v) is 9.88. The van der Waals surface area contributed by atoms with Gasteiger partial charge in [-0.15, -0.1) is 0 Å². The Morgan fingerprint density at radius 1 is 0.800 bits per heavy atom. The van der Waals surface area contributed by atoms with Gasteiger partial charge in [-0.25, -0.2) is 8.42 Å². The van der Waals surface area contributed by atoms with Gasteiger partial charge in [0.1, 0.15) is 6.17 Å². The average molecular weight is 428 g/mol. The first-order valence-corrected chi connectivity index (χ1v) is 12.1. The highest BCUT2D eigenvalue weighted by atomic mass is 32.2. The molecule has 2 aromatic carbocycles. The monoisotopic (exact) mass is 427 g/mol. The fourth-order valence-corrected chi connectivity index (χ4v) is 6.05. The van der Waals surface area contributed by atoms with Crippen molar-refractivity contribution in [3.8, 4) is 0 Å². The molecule has 2 aliphatic rings. The molecule has 0 aliphatic carbocycles. The topological polar surface area (TPSA) is 60.9 Å². The fourth-order valence-electron chi connectivity index (χ4n) is 4.41. The van der Waals surface area contributed by atoms with Crippen LogP contribution in [0.1, 0.15) is 37.4 Å². The number of nitrogens with zero attached hydrogens (tertiary/aromatic N) is 3. The summed E-state index contributed by atoms with van der Waals surface area (Å²) in [5.41, 5.74) is 0.823. The zero-order valence-electron chi connectivity index (χ0n) is 17.2. The summed E-state index contributed by atoms with van der Waals surface area (Å²) in [5.74, 6) is -0.00119. The first-order chi connectivity index (χ1) is 14.6. The first-order valence-electron chi connectivity index (χ1n) is 10.7. The fraction of sp³-hybridized carbons (Fsp3) is 0.435. The zero-order valence-corrected chi connectivity index (χ0v) is 18.0. The second-order valence-electron chi connectivity index (χ2n) is 7.99. The third-order valence-corrected chi connectivity index (χ3v) is 7.79. The highest BCUT2D eigenvalue weighted by Gasteiger charge is 2.40. The van der Waals surface area contributed by atoms with Crippen LogP contribution in [-0.2, 0) is 14.8 Å². The third-order valence-electron chi connectivity index (χ3n) is 5.92. The Bertz CT molecular complexity index is 944. The first kappa shape index (κ1) is 21.0. The number of piperidine rings is 1. The van der Waals surface area contributed by atoms with E-state index in [0.717, 1.165) is 31.5 Å². The molecular formula is C23H29N3O3S. The standard InChI is InChI=1S/C23H29N3O3S/c27-22(19-24-15-8-3-9-16-24)25-17-10-18-26(23(25)20-11-4-1-5-12-20)30(28,29)21-13-6-2-7-14-21/h1-2,4-7,11-14,23H,3,8-10,15-19H2. The maximum atomic E-state index is 13.5. The van der Waals surface area contributed by atoms with Crippen molar-refractivity contribution in [2.45, 2.75) is 36.7 Å². The summed E-state index contributed by atoms with van der Waals surface area (Å²) in [6.07, 6.45) is 3.45. The van der Waals surface area contributed by atoms with Crippen LogP contribution in [0.3, 0.4) is 0 Å². The summed E-state index contributed by atoms with van der Waals surface area (Å²) in [6, 6.07) is 18.0. The molecule has 0 aromatic heterocycles. The highest BCUT2D eigenvalue weighted by molar-refractivity contribution is 7.89. The van der Waals surface area contributed by atoms with Gasteiger partial charge in [0.15, 0.2) is 0 Å². The van der Waals surface area contributed by atoms with E-state index < -0.39 is 16.2 Å². The molecule has 0 N–H and O–H groups in total. The molecule has 2 heterocycles. The average Bonchev–Trinajstić information content (AvgIpc) is 2.80. The van der Waals surface area contributed by atoms with E-state index in [0.29, 0.717) is 26.1 Å². The molecule has 1 amide bonds. The van der Waals surface area contributed by atoms with Gasteiger partial charge in [0, 0.05) is 13.1 Å². The molecule has 2 aromatic rings. The van der Waals surface area contributed by atoms with Gasteiger partial charge in [0.25, 0.3) is 0 Å². The van der Waals surface area contributed by atoms with Crippen molar-refractivity contribution in [3.05, 3.63) is 66.2 Å². The SMILES string of the molecule is O=C(CN1CCCCC1)N1CCCN(S(=O)(=O)c2ccccc2)C1c1ccccc1. The number of likely N-dealkylation sites (tertiary alicyclic amines) is 1. The van der Waals surface area contributed by atoms with E-state index in [4.69, 9.17) is 0 Å². The summed E-state index contributed by atoms with van der Waals surface area (Å²) in [7, 11) is -3.73. The molecule has 1 atom stereocenters. The van der Waals surface area contributed by atoms with E-state index in [1.54, 1.807) is 35.2 Å². The molecule has 2 fully saturated rings. The molecule has 1 unspecified atom stereocenters. The van der Waals surface area contributed by atoms with Gasteiger partial charge in [0.2, 0.25) is 15.9 Å². The number of rotatable bonds is 5. The number of carbonyl (C=O) groups is 1. The minimum atomic E-state index is -3.73. The minimum absolute atomic E-state index is 0.00119. The molecule has 0 radical (unpaired) electrons. The van der Waals surface area contributed by atoms with Gasteiger partial charge in [-0.3, -0.25) is 9.69 Å². The normalized spacial score (nSPS) is 21.5. The lowest BCUT2D eigenvalue weighted by atomic mass is 10.1. The van der Waals surface area contributed by atoms with E-state index in [1.807, 2.05) is 30.3 Å². The van der Waals surface area contributed by atoms with Gasteiger partial charge in [-0.05, 0) is 50.0 Å². The second kappa shape index (κ2) is 9.29. The van der Waals surface area contributed by atoms with E-state index in [2.05, 4.69) is 4.90 Å². The lowest BCUT2D eigenvalue weighted by Crippen LogP contribution is -2.54. The molecule has 4 rings (SSSR count). The van der Waals surface area contributed by atoms with E-state index in [-0.39, 0.29) is 10.8 Å². The number of sulfonamides is 1. The van der Waals surface area contributed by atoms with Crippen molar-refractivity contribution in [1.29, 1.82) is 0 Å². The quantitative estimate of drug-likeness (QED) is 0.736. The van der Waals surface area contributed by atoms with Crippen LogP contribution in [0, 0.1) is 0 Å². The molecule has 2 aliphatic heterocycles. The maximum Gasteiger partial charge on any atom is 0.245 e. The number of carbonyl (C=O) groups excluding carboxylic acids is 1. The Morgan fingerprint density at radius 2 is 1.43 bits per heavy atom. The van der Waals surface area contributed by atoms with Crippen LogP contribution in [0.5, 0.6) is 0 Å². The Kier molecular flexibility index (Phi) is 6.51. The molecule has 0 spiro atoms. The molecule has 0 saturated carbocycles. The number of hydrogen-bond acceptors (Lipinski definition) is 4. The van der Waals surface area contributed by atoms with Crippen LogP contribution in [-0.4, -0.2) is 61.2 Å². The van der Waals surface area contributed by atoms with Crippen LogP contribution >= 0.6 is 0 Å². The number of hydrogen-bond donors (Lipinski definition) is 0. The molecule has 7 heteroatoms. The molecule has 0 bridgehead atoms. The largest absolute Gasteiger partial charge is 0.321 e. The summed E-state index contributed by atoms with van der Waals surface area (Å²) >= 11 is 0. The van der Waals surface area contributed by atoms with Crippen molar-refractivity contribution < 1.29 is 13.2 Å². The van der Waals surface area contributed by atoms with Crippen molar-refractivity contribution in [1.82, 2.24) is 14.1 Å². The molecule has 30 heavy (non-hydrogen) atoms. The smallest absolute Gasteiger partial charge is 0.245 e. The van der Waals surface area contributed by atoms with Crippen molar-refractivity contribution in [2.75, 3.05) is 32.7 Å². The summed E-state index contributed by atoms with van der Waals surface area (Å²) in [4.78, 5) is 17.5. The number of amides is 1. The van der Waals surface area contributed by atoms with Crippen LogP contribution < -0.4 is 0 Å². The lowest BCUT2D eigenvalue weighted by molar-refractivity contribution is -0.139. The van der Waals surface area contributed by atoms with Gasteiger partial charge in [-0.1, -0.05) is 55.0 Å². The molecule has 2 saturated heterocycles. The highest BCUT2D eigenvalue weighted by Crippen LogP contribution is 2.34. The predicted octanol–water partition coefficient (Wildman–Crippen LogP) is 3.09. The van der Waals surface area contributed by atoms with Crippen molar-refractivity contribution in [2.24, 2.45) is 0 Å². The summed E-state index contributed by atoms with van der Waals surface area (Å²) in [6.45, 7) is 3.17. The van der Waals surface area contributed by atoms with Crippen LogP contribution in [0.15, 0.2) is 65.6 Å². The van der Waals surface area contributed by atoms with Crippen LogP contribution in [0.25, 0.3) is 0 Å². The third kappa shape index (κ3) is 4.43. The van der Waals surface area contributed by atoms with Gasteiger partial charge in [0.05, 0.1) is 11.4 Å². The maximum absolute atomic E-state index is 13.5. The van der Waals surface area contributed by atoms with Gasteiger partial charge < -0.3 is 4.90 Å². The predicted molar refractivity (Wildman–Crippen MR) is 116 cm³/mol.